The normalized spacial score (nSPS) is 17.8. The summed E-state index contributed by atoms with van der Waals surface area (Å²) in [6.07, 6.45) is 1.45. The second-order valence-electron chi connectivity index (χ2n) is 4.43. The Balaban J connectivity index is 2.06. The molecule has 1 aromatic rings. The summed E-state index contributed by atoms with van der Waals surface area (Å²) in [5, 5.41) is 9.29. The van der Waals surface area contributed by atoms with E-state index in [9.17, 15) is 9.90 Å². The van der Waals surface area contributed by atoms with Gasteiger partial charge in [-0.15, -0.1) is 0 Å². The third-order valence-electron chi connectivity index (χ3n) is 3.27. The fourth-order valence-corrected chi connectivity index (χ4v) is 2.43. The Morgan fingerprint density at radius 3 is 3.00 bits per heavy atom. The zero-order valence-corrected chi connectivity index (χ0v) is 10.6. The zero-order chi connectivity index (χ0) is 13.0. The van der Waals surface area contributed by atoms with Crippen LogP contribution in [0, 0.1) is 0 Å². The zero-order valence-electron chi connectivity index (χ0n) is 10.6. The molecule has 1 unspecified atom stereocenters. The quantitative estimate of drug-likeness (QED) is 0.783. The van der Waals surface area contributed by atoms with Gasteiger partial charge < -0.3 is 14.7 Å². The lowest BCUT2D eigenvalue weighted by Crippen LogP contribution is -2.39. The number of hydrogen-bond acceptors (Lipinski definition) is 3. The van der Waals surface area contributed by atoms with Gasteiger partial charge in [-0.1, -0.05) is 18.2 Å². The molecule has 0 aromatic heterocycles. The van der Waals surface area contributed by atoms with Gasteiger partial charge in [-0.05, 0) is 25.0 Å². The summed E-state index contributed by atoms with van der Waals surface area (Å²) in [4.78, 5) is 13.3. The van der Waals surface area contributed by atoms with Crippen molar-refractivity contribution in [3.8, 4) is 0 Å². The molecule has 18 heavy (non-hydrogen) atoms. The van der Waals surface area contributed by atoms with E-state index in [4.69, 9.17) is 4.74 Å². The minimum atomic E-state index is -0.748. The molecule has 1 aromatic carbocycles. The van der Waals surface area contributed by atoms with Crippen molar-refractivity contribution >= 4 is 11.7 Å². The molecule has 4 nitrogen and oxygen atoms in total. The van der Waals surface area contributed by atoms with Crippen molar-refractivity contribution in [2.75, 3.05) is 24.7 Å². The molecule has 4 heteroatoms. The molecule has 0 saturated heterocycles. The number of rotatable bonds is 6. The summed E-state index contributed by atoms with van der Waals surface area (Å²) in [6, 6.07) is 7.50. The lowest BCUT2D eigenvalue weighted by atomic mass is 10.1. The number of fused-ring (bicyclic) bond motifs is 1. The van der Waals surface area contributed by atoms with Crippen LogP contribution in [0.1, 0.15) is 18.9 Å². The molecule has 0 amide bonds. The van der Waals surface area contributed by atoms with Crippen LogP contribution in [0.5, 0.6) is 0 Å². The van der Waals surface area contributed by atoms with E-state index in [0.717, 1.165) is 24.2 Å². The van der Waals surface area contributed by atoms with E-state index < -0.39 is 12.0 Å². The van der Waals surface area contributed by atoms with Crippen LogP contribution in [-0.2, 0) is 16.0 Å². The Morgan fingerprint density at radius 1 is 1.50 bits per heavy atom. The molecule has 1 heterocycles. The summed E-state index contributed by atoms with van der Waals surface area (Å²) in [6.45, 7) is 4.08. The van der Waals surface area contributed by atoms with Crippen LogP contribution in [0.3, 0.4) is 0 Å². The monoisotopic (exact) mass is 249 g/mol. The van der Waals surface area contributed by atoms with Crippen LogP contribution >= 0.6 is 0 Å². The van der Waals surface area contributed by atoms with Crippen molar-refractivity contribution < 1.29 is 14.6 Å². The van der Waals surface area contributed by atoms with Crippen molar-refractivity contribution in [1.29, 1.82) is 0 Å². The fourth-order valence-electron chi connectivity index (χ4n) is 2.43. The van der Waals surface area contributed by atoms with Gasteiger partial charge in [0.05, 0.1) is 0 Å². The summed E-state index contributed by atoms with van der Waals surface area (Å²) in [5.74, 6) is -0.748. The Labute approximate surface area is 107 Å². The molecule has 0 saturated carbocycles. The SMILES string of the molecule is CCOCCCN1c2ccccc2CC1C(=O)O. The number of carboxylic acid groups (broad SMARTS) is 1. The molecule has 0 spiro atoms. The highest BCUT2D eigenvalue weighted by Crippen LogP contribution is 2.32. The van der Waals surface area contributed by atoms with E-state index in [-0.39, 0.29) is 0 Å². The molecule has 1 atom stereocenters. The molecule has 1 aliphatic heterocycles. The highest BCUT2D eigenvalue weighted by molar-refractivity contribution is 5.82. The number of carbonyl (C=O) groups is 1. The Bertz CT molecular complexity index is 419. The van der Waals surface area contributed by atoms with Gasteiger partial charge >= 0.3 is 5.97 Å². The van der Waals surface area contributed by atoms with Crippen LogP contribution in [-0.4, -0.2) is 36.9 Å². The van der Waals surface area contributed by atoms with Crippen LogP contribution in [0.15, 0.2) is 24.3 Å². The maximum Gasteiger partial charge on any atom is 0.326 e. The number of nitrogens with zero attached hydrogens (tertiary/aromatic N) is 1. The maximum absolute atomic E-state index is 11.3. The predicted molar refractivity (Wildman–Crippen MR) is 70.0 cm³/mol. The lowest BCUT2D eigenvalue weighted by molar-refractivity contribution is -0.138. The van der Waals surface area contributed by atoms with E-state index >= 15 is 0 Å². The minimum Gasteiger partial charge on any atom is -0.480 e. The highest BCUT2D eigenvalue weighted by Gasteiger charge is 2.33. The Kier molecular flexibility index (Phi) is 4.20. The molecule has 1 N–H and O–H groups in total. The van der Waals surface area contributed by atoms with Crippen LogP contribution in [0.4, 0.5) is 5.69 Å². The van der Waals surface area contributed by atoms with Crippen molar-refractivity contribution in [1.82, 2.24) is 0 Å². The molecule has 0 aliphatic carbocycles. The molecular formula is C14H19NO3. The van der Waals surface area contributed by atoms with E-state index in [1.165, 1.54) is 0 Å². The first-order valence-electron chi connectivity index (χ1n) is 6.39. The summed E-state index contributed by atoms with van der Waals surface area (Å²) < 4.78 is 5.30. The van der Waals surface area contributed by atoms with Gasteiger partial charge in [0.15, 0.2) is 0 Å². The fraction of sp³-hybridized carbons (Fsp3) is 0.500. The van der Waals surface area contributed by atoms with Gasteiger partial charge in [0.25, 0.3) is 0 Å². The third kappa shape index (κ3) is 2.64. The first kappa shape index (κ1) is 12.9. The number of para-hydroxylation sites is 1. The van der Waals surface area contributed by atoms with Crippen LogP contribution in [0.25, 0.3) is 0 Å². The number of carboxylic acids is 1. The number of ether oxygens (including phenoxy) is 1. The molecule has 98 valence electrons. The van der Waals surface area contributed by atoms with Crippen molar-refractivity contribution in [3.63, 3.8) is 0 Å². The summed E-state index contributed by atoms with van der Waals surface area (Å²) in [7, 11) is 0. The summed E-state index contributed by atoms with van der Waals surface area (Å²) in [5.41, 5.74) is 2.18. The van der Waals surface area contributed by atoms with E-state index in [1.54, 1.807) is 0 Å². The van der Waals surface area contributed by atoms with E-state index in [1.807, 2.05) is 36.1 Å². The average Bonchev–Trinajstić information content (AvgIpc) is 2.74. The number of hydrogen-bond donors (Lipinski definition) is 1. The summed E-state index contributed by atoms with van der Waals surface area (Å²) >= 11 is 0. The number of anilines is 1. The topological polar surface area (TPSA) is 49.8 Å². The number of aliphatic carboxylic acids is 1. The largest absolute Gasteiger partial charge is 0.480 e. The Morgan fingerprint density at radius 2 is 2.28 bits per heavy atom. The molecule has 0 bridgehead atoms. The molecule has 1 aliphatic rings. The van der Waals surface area contributed by atoms with E-state index in [0.29, 0.717) is 19.6 Å². The smallest absolute Gasteiger partial charge is 0.326 e. The first-order valence-corrected chi connectivity index (χ1v) is 6.39. The molecule has 0 fully saturated rings. The highest BCUT2D eigenvalue weighted by atomic mass is 16.5. The van der Waals surface area contributed by atoms with Gasteiger partial charge in [0, 0.05) is 31.9 Å². The second kappa shape index (κ2) is 5.87. The minimum absolute atomic E-state index is 0.427. The lowest BCUT2D eigenvalue weighted by Gasteiger charge is -2.24. The van der Waals surface area contributed by atoms with Crippen molar-refractivity contribution in [2.45, 2.75) is 25.8 Å². The Hall–Kier alpha value is -1.55. The van der Waals surface area contributed by atoms with Gasteiger partial charge in [0.2, 0.25) is 0 Å². The van der Waals surface area contributed by atoms with E-state index in [2.05, 4.69) is 0 Å². The molecule has 0 radical (unpaired) electrons. The average molecular weight is 249 g/mol. The van der Waals surface area contributed by atoms with Gasteiger partial charge in [-0.2, -0.15) is 0 Å². The number of benzene rings is 1. The van der Waals surface area contributed by atoms with Gasteiger partial charge in [0.1, 0.15) is 6.04 Å². The van der Waals surface area contributed by atoms with Crippen LogP contribution < -0.4 is 4.90 Å². The maximum atomic E-state index is 11.3. The van der Waals surface area contributed by atoms with Gasteiger partial charge in [-0.25, -0.2) is 4.79 Å². The van der Waals surface area contributed by atoms with Crippen LogP contribution in [0.2, 0.25) is 0 Å². The van der Waals surface area contributed by atoms with Crippen molar-refractivity contribution in [3.05, 3.63) is 29.8 Å². The third-order valence-corrected chi connectivity index (χ3v) is 3.27. The standard InChI is InChI=1S/C14H19NO3/c1-2-18-9-5-8-15-12-7-4-3-6-11(12)10-13(15)14(16)17/h3-4,6-7,13H,2,5,8-10H2,1H3,(H,16,17). The van der Waals surface area contributed by atoms with Crippen molar-refractivity contribution in [2.24, 2.45) is 0 Å². The predicted octanol–water partition coefficient (Wildman–Crippen LogP) is 1.93. The van der Waals surface area contributed by atoms with Gasteiger partial charge in [-0.3, -0.25) is 0 Å². The molecule has 2 rings (SSSR count). The molecular weight excluding hydrogens is 230 g/mol. The second-order valence-corrected chi connectivity index (χ2v) is 4.43. The first-order chi connectivity index (χ1) is 8.74.